The third kappa shape index (κ3) is 10.2. The highest BCUT2D eigenvalue weighted by Gasteiger charge is 2.07. The Labute approximate surface area is 120 Å². The molecule has 0 aliphatic carbocycles. The minimum Gasteiger partial charge on any atom is -0.370 e. The SMILES string of the molecule is CCCCCCCCCCCCCC[C@H]1C=CCO1. The maximum absolute atomic E-state index is 5.54. The topological polar surface area (TPSA) is 9.23 Å². The van der Waals surface area contributed by atoms with Crippen molar-refractivity contribution in [3.63, 3.8) is 0 Å². The molecule has 0 aromatic heterocycles. The van der Waals surface area contributed by atoms with Crippen LogP contribution in [0.4, 0.5) is 0 Å². The summed E-state index contributed by atoms with van der Waals surface area (Å²) >= 11 is 0. The van der Waals surface area contributed by atoms with E-state index >= 15 is 0 Å². The Morgan fingerprint density at radius 1 is 0.789 bits per heavy atom. The molecule has 0 aromatic rings. The van der Waals surface area contributed by atoms with Gasteiger partial charge in [-0.05, 0) is 6.42 Å². The number of hydrogen-bond acceptors (Lipinski definition) is 1. The van der Waals surface area contributed by atoms with Crippen molar-refractivity contribution in [2.24, 2.45) is 0 Å². The van der Waals surface area contributed by atoms with Gasteiger partial charge >= 0.3 is 0 Å². The van der Waals surface area contributed by atoms with Crippen LogP contribution >= 0.6 is 0 Å². The van der Waals surface area contributed by atoms with Crippen molar-refractivity contribution >= 4 is 0 Å². The van der Waals surface area contributed by atoms with E-state index in [1.807, 2.05) is 0 Å². The van der Waals surface area contributed by atoms with E-state index in [9.17, 15) is 0 Å². The molecule has 112 valence electrons. The highest BCUT2D eigenvalue weighted by atomic mass is 16.5. The van der Waals surface area contributed by atoms with Crippen LogP contribution in [0.5, 0.6) is 0 Å². The first-order valence-electron chi connectivity index (χ1n) is 8.71. The third-order valence-corrected chi connectivity index (χ3v) is 4.10. The minimum atomic E-state index is 0.433. The van der Waals surface area contributed by atoms with Crippen molar-refractivity contribution < 1.29 is 4.74 Å². The molecule has 1 heteroatoms. The highest BCUT2D eigenvalue weighted by molar-refractivity contribution is 4.95. The van der Waals surface area contributed by atoms with Crippen molar-refractivity contribution in [2.75, 3.05) is 6.61 Å². The summed E-state index contributed by atoms with van der Waals surface area (Å²) in [6, 6.07) is 0. The zero-order chi connectivity index (χ0) is 13.6. The van der Waals surface area contributed by atoms with Gasteiger partial charge in [0.25, 0.3) is 0 Å². The molecule has 0 bridgehead atoms. The fourth-order valence-corrected chi connectivity index (χ4v) is 2.81. The Kier molecular flexibility index (Phi) is 11.2. The summed E-state index contributed by atoms with van der Waals surface area (Å²) in [6.07, 6.45) is 23.2. The maximum atomic E-state index is 5.54. The summed E-state index contributed by atoms with van der Waals surface area (Å²) < 4.78 is 5.54. The van der Waals surface area contributed by atoms with Crippen molar-refractivity contribution in [1.29, 1.82) is 0 Å². The summed E-state index contributed by atoms with van der Waals surface area (Å²) in [5.74, 6) is 0. The van der Waals surface area contributed by atoms with Gasteiger partial charge in [0.2, 0.25) is 0 Å². The fraction of sp³-hybridized carbons (Fsp3) is 0.889. The van der Waals surface area contributed by atoms with Crippen LogP contribution in [-0.2, 0) is 4.74 Å². The van der Waals surface area contributed by atoms with Crippen molar-refractivity contribution in [3.05, 3.63) is 12.2 Å². The first-order chi connectivity index (χ1) is 9.43. The standard InChI is InChI=1S/C18H34O/c1-2-3-4-5-6-7-8-9-10-11-12-13-15-18-16-14-17-19-18/h14,16,18H,2-13,15,17H2,1H3/t18-/m0/s1. The maximum Gasteiger partial charge on any atom is 0.0760 e. The number of ether oxygens (including phenoxy) is 1. The Morgan fingerprint density at radius 3 is 1.79 bits per heavy atom. The first-order valence-corrected chi connectivity index (χ1v) is 8.71. The van der Waals surface area contributed by atoms with Gasteiger partial charge in [-0.25, -0.2) is 0 Å². The molecule has 0 unspecified atom stereocenters. The molecule has 1 nitrogen and oxygen atoms in total. The number of hydrogen-bond donors (Lipinski definition) is 0. The van der Waals surface area contributed by atoms with E-state index in [1.165, 1.54) is 83.5 Å². The molecule has 1 aliphatic rings. The lowest BCUT2D eigenvalue weighted by molar-refractivity contribution is 0.119. The largest absolute Gasteiger partial charge is 0.370 e. The Balaban J connectivity index is 1.68. The van der Waals surface area contributed by atoms with Crippen LogP contribution in [0.25, 0.3) is 0 Å². The second-order valence-corrected chi connectivity index (χ2v) is 5.98. The summed E-state index contributed by atoms with van der Waals surface area (Å²) in [5.41, 5.74) is 0. The van der Waals surface area contributed by atoms with E-state index in [2.05, 4.69) is 19.1 Å². The first kappa shape index (κ1) is 16.8. The molecule has 0 radical (unpaired) electrons. The molecule has 1 rings (SSSR count). The monoisotopic (exact) mass is 266 g/mol. The Hall–Kier alpha value is -0.300. The Bertz CT molecular complexity index is 210. The van der Waals surface area contributed by atoms with Crippen molar-refractivity contribution in [1.82, 2.24) is 0 Å². The van der Waals surface area contributed by atoms with Gasteiger partial charge < -0.3 is 4.74 Å². The molecule has 0 saturated heterocycles. The second kappa shape index (κ2) is 12.7. The summed E-state index contributed by atoms with van der Waals surface area (Å²) in [4.78, 5) is 0. The molecular formula is C18H34O. The van der Waals surface area contributed by atoms with Gasteiger partial charge in [-0.1, -0.05) is 96.1 Å². The lowest BCUT2D eigenvalue weighted by Crippen LogP contribution is -2.03. The molecule has 1 atom stereocenters. The van der Waals surface area contributed by atoms with Crippen LogP contribution in [0.15, 0.2) is 12.2 Å². The highest BCUT2D eigenvalue weighted by Crippen LogP contribution is 2.15. The van der Waals surface area contributed by atoms with E-state index < -0.39 is 0 Å². The van der Waals surface area contributed by atoms with Gasteiger partial charge in [0, 0.05) is 0 Å². The predicted molar refractivity (Wildman–Crippen MR) is 84.6 cm³/mol. The smallest absolute Gasteiger partial charge is 0.0760 e. The van der Waals surface area contributed by atoms with E-state index in [0.717, 1.165) is 6.61 Å². The van der Waals surface area contributed by atoms with Crippen molar-refractivity contribution in [3.8, 4) is 0 Å². The van der Waals surface area contributed by atoms with Crippen LogP contribution in [0.2, 0.25) is 0 Å². The van der Waals surface area contributed by atoms with E-state index in [1.54, 1.807) is 0 Å². The van der Waals surface area contributed by atoms with Crippen molar-refractivity contribution in [2.45, 2.75) is 96.5 Å². The van der Waals surface area contributed by atoms with E-state index in [0.29, 0.717) is 6.10 Å². The zero-order valence-electron chi connectivity index (χ0n) is 13.0. The number of rotatable bonds is 13. The average Bonchev–Trinajstić information content (AvgIpc) is 2.93. The molecule has 0 saturated carbocycles. The number of unbranched alkanes of at least 4 members (excludes halogenated alkanes) is 11. The van der Waals surface area contributed by atoms with E-state index in [4.69, 9.17) is 4.74 Å². The van der Waals surface area contributed by atoms with Gasteiger partial charge in [0.05, 0.1) is 12.7 Å². The summed E-state index contributed by atoms with van der Waals surface area (Å²) in [7, 11) is 0. The third-order valence-electron chi connectivity index (χ3n) is 4.10. The van der Waals surface area contributed by atoms with Crippen LogP contribution in [0.3, 0.4) is 0 Å². The summed E-state index contributed by atoms with van der Waals surface area (Å²) in [6.45, 7) is 3.12. The Morgan fingerprint density at radius 2 is 1.32 bits per heavy atom. The van der Waals surface area contributed by atoms with Gasteiger partial charge in [0.1, 0.15) is 0 Å². The molecule has 0 N–H and O–H groups in total. The van der Waals surface area contributed by atoms with Crippen LogP contribution in [-0.4, -0.2) is 12.7 Å². The lowest BCUT2D eigenvalue weighted by atomic mass is 10.0. The zero-order valence-corrected chi connectivity index (χ0v) is 13.0. The molecule has 1 heterocycles. The predicted octanol–water partition coefficient (Wildman–Crippen LogP) is 6.03. The lowest BCUT2D eigenvalue weighted by Gasteiger charge is -2.07. The van der Waals surface area contributed by atoms with Crippen LogP contribution in [0.1, 0.15) is 90.4 Å². The molecule has 1 aliphatic heterocycles. The van der Waals surface area contributed by atoms with E-state index in [-0.39, 0.29) is 0 Å². The van der Waals surface area contributed by atoms with Gasteiger partial charge in [-0.3, -0.25) is 0 Å². The quantitative estimate of drug-likeness (QED) is 0.292. The van der Waals surface area contributed by atoms with Gasteiger partial charge in [0.15, 0.2) is 0 Å². The van der Waals surface area contributed by atoms with Crippen LogP contribution in [0, 0.1) is 0 Å². The summed E-state index contributed by atoms with van der Waals surface area (Å²) in [5, 5.41) is 0. The average molecular weight is 266 g/mol. The normalized spacial score (nSPS) is 18.3. The molecule has 0 aromatic carbocycles. The molecule has 0 spiro atoms. The van der Waals surface area contributed by atoms with Crippen LogP contribution < -0.4 is 0 Å². The molecule has 0 fully saturated rings. The fourth-order valence-electron chi connectivity index (χ4n) is 2.81. The molecular weight excluding hydrogens is 232 g/mol. The van der Waals surface area contributed by atoms with Gasteiger partial charge in [-0.15, -0.1) is 0 Å². The van der Waals surface area contributed by atoms with Gasteiger partial charge in [-0.2, -0.15) is 0 Å². The molecule has 0 amide bonds. The molecule has 19 heavy (non-hydrogen) atoms. The second-order valence-electron chi connectivity index (χ2n) is 5.98. The minimum absolute atomic E-state index is 0.433.